The van der Waals surface area contributed by atoms with Crippen molar-refractivity contribution >= 4 is 5.78 Å². The third-order valence-electron chi connectivity index (χ3n) is 5.45. The molecule has 1 aliphatic rings. The number of ketones is 1. The van der Waals surface area contributed by atoms with E-state index in [1.165, 1.54) is 0 Å². The second kappa shape index (κ2) is 6.61. The third-order valence-corrected chi connectivity index (χ3v) is 5.45. The van der Waals surface area contributed by atoms with Crippen LogP contribution >= 0.6 is 0 Å². The lowest BCUT2D eigenvalue weighted by molar-refractivity contribution is 0.0940. The zero-order chi connectivity index (χ0) is 19.1. The Kier molecular flexibility index (Phi) is 3.94. The zero-order valence-electron chi connectivity index (χ0n) is 15.7. The van der Waals surface area contributed by atoms with Crippen molar-refractivity contribution < 1.29 is 4.79 Å². The average Bonchev–Trinajstić information content (AvgIpc) is 3.23. The van der Waals surface area contributed by atoms with Gasteiger partial charge in [0.2, 0.25) is 0 Å². The number of hydrogen-bond donors (Lipinski definition) is 0. The Morgan fingerprint density at radius 3 is 2.11 bits per heavy atom. The first kappa shape index (κ1) is 16.7. The molecule has 4 aromatic rings. The van der Waals surface area contributed by atoms with Crippen LogP contribution < -0.4 is 0 Å². The van der Waals surface area contributed by atoms with Crippen molar-refractivity contribution in [1.29, 1.82) is 0 Å². The van der Waals surface area contributed by atoms with Crippen LogP contribution in [0.5, 0.6) is 0 Å². The maximum absolute atomic E-state index is 13.2. The molecule has 3 nitrogen and oxygen atoms in total. The van der Waals surface area contributed by atoms with E-state index in [0.717, 1.165) is 45.9 Å². The molecule has 0 saturated heterocycles. The van der Waals surface area contributed by atoms with Crippen molar-refractivity contribution in [2.24, 2.45) is 5.92 Å². The number of benzene rings is 2. The number of nitrogens with zero attached hydrogens (tertiary/aromatic N) is 2. The van der Waals surface area contributed by atoms with Crippen LogP contribution in [-0.2, 0) is 6.42 Å². The number of rotatable bonds is 3. The Balaban J connectivity index is 1.93. The summed E-state index contributed by atoms with van der Waals surface area (Å²) in [5.41, 5.74) is 6.31. The molecular weight excluding hydrogens is 344 g/mol. The van der Waals surface area contributed by atoms with Gasteiger partial charge in [0.25, 0.3) is 0 Å². The summed E-state index contributed by atoms with van der Waals surface area (Å²) in [6.45, 7) is 2.02. The Bertz CT molecular complexity index is 1150. The molecule has 2 aromatic carbocycles. The van der Waals surface area contributed by atoms with E-state index < -0.39 is 0 Å². The van der Waals surface area contributed by atoms with E-state index in [4.69, 9.17) is 0 Å². The van der Waals surface area contributed by atoms with Crippen LogP contribution in [0.3, 0.4) is 0 Å². The van der Waals surface area contributed by atoms with E-state index in [2.05, 4.69) is 45.9 Å². The van der Waals surface area contributed by atoms with Crippen LogP contribution in [0.4, 0.5) is 0 Å². The minimum Gasteiger partial charge on any atom is -0.292 e. The maximum Gasteiger partial charge on any atom is 0.183 e. The first-order chi connectivity index (χ1) is 13.8. The zero-order valence-corrected chi connectivity index (χ0v) is 15.7. The monoisotopic (exact) mass is 364 g/mol. The van der Waals surface area contributed by atoms with Gasteiger partial charge in [-0.3, -0.25) is 9.36 Å². The largest absolute Gasteiger partial charge is 0.292 e. The number of fused-ring (bicyclic) bond motifs is 1. The van der Waals surface area contributed by atoms with Gasteiger partial charge in [-0.25, -0.2) is 4.98 Å². The van der Waals surface area contributed by atoms with Crippen molar-refractivity contribution in [3.63, 3.8) is 0 Å². The summed E-state index contributed by atoms with van der Waals surface area (Å²) < 4.78 is 2.07. The molecule has 5 rings (SSSR count). The summed E-state index contributed by atoms with van der Waals surface area (Å²) in [6, 6.07) is 26.5. The minimum atomic E-state index is -0.00718. The van der Waals surface area contributed by atoms with Gasteiger partial charge in [0.1, 0.15) is 5.82 Å². The normalized spacial score (nSPS) is 15.6. The van der Waals surface area contributed by atoms with E-state index in [0.29, 0.717) is 0 Å². The van der Waals surface area contributed by atoms with E-state index >= 15 is 0 Å². The molecule has 0 N–H and O–H groups in total. The predicted octanol–water partition coefficient (Wildman–Crippen LogP) is 5.58. The van der Waals surface area contributed by atoms with Gasteiger partial charge in [0, 0.05) is 17.7 Å². The molecule has 136 valence electrons. The summed E-state index contributed by atoms with van der Waals surface area (Å²) in [5.74, 6) is 0.967. The van der Waals surface area contributed by atoms with E-state index in [9.17, 15) is 4.79 Å². The fraction of sp³-hybridized carbons (Fsp3) is 0.120. The number of pyridine rings is 1. The number of aromatic nitrogens is 2. The number of hydrogen-bond acceptors (Lipinski definition) is 2. The van der Waals surface area contributed by atoms with Gasteiger partial charge in [-0.1, -0.05) is 73.7 Å². The van der Waals surface area contributed by atoms with E-state index in [-0.39, 0.29) is 11.7 Å². The molecule has 0 amide bonds. The van der Waals surface area contributed by atoms with Crippen LogP contribution in [0.25, 0.3) is 28.2 Å². The van der Waals surface area contributed by atoms with Crippen molar-refractivity contribution in [3.8, 4) is 28.2 Å². The van der Waals surface area contributed by atoms with Crippen molar-refractivity contribution in [2.75, 3.05) is 0 Å². The molecule has 1 unspecified atom stereocenters. The van der Waals surface area contributed by atoms with Gasteiger partial charge in [0.05, 0.1) is 11.4 Å². The fourth-order valence-corrected chi connectivity index (χ4v) is 4.21. The van der Waals surface area contributed by atoms with Crippen LogP contribution in [0.2, 0.25) is 0 Å². The topological polar surface area (TPSA) is 34.9 Å². The molecule has 1 aliphatic carbocycles. The van der Waals surface area contributed by atoms with Gasteiger partial charge in [-0.05, 0) is 35.2 Å². The van der Waals surface area contributed by atoms with Crippen LogP contribution in [0.1, 0.15) is 23.0 Å². The Labute approximate surface area is 164 Å². The van der Waals surface area contributed by atoms with Gasteiger partial charge >= 0.3 is 0 Å². The number of Topliss-reactive ketones (excluding diaryl/α,β-unsaturated/α-hetero) is 1. The summed E-state index contributed by atoms with van der Waals surface area (Å²) in [6.07, 6.45) is 2.54. The summed E-state index contributed by atoms with van der Waals surface area (Å²) in [4.78, 5) is 17.8. The first-order valence-electron chi connectivity index (χ1n) is 9.59. The van der Waals surface area contributed by atoms with Crippen molar-refractivity contribution in [2.45, 2.75) is 13.3 Å². The second-order valence-corrected chi connectivity index (χ2v) is 7.28. The predicted molar refractivity (Wildman–Crippen MR) is 112 cm³/mol. The molecular formula is C25H20N2O. The molecule has 0 aliphatic heterocycles. The summed E-state index contributed by atoms with van der Waals surface area (Å²) in [7, 11) is 0. The molecule has 1 atom stereocenters. The minimum absolute atomic E-state index is 0.00718. The molecule has 0 saturated carbocycles. The highest BCUT2D eigenvalue weighted by molar-refractivity contribution is 6.06. The third kappa shape index (κ3) is 2.51. The fourth-order valence-electron chi connectivity index (χ4n) is 4.21. The molecule has 28 heavy (non-hydrogen) atoms. The van der Waals surface area contributed by atoms with Gasteiger partial charge in [-0.15, -0.1) is 0 Å². The van der Waals surface area contributed by atoms with Gasteiger partial charge in [-0.2, -0.15) is 0 Å². The summed E-state index contributed by atoms with van der Waals surface area (Å²) in [5, 5.41) is 0. The standard InChI is InChI=1S/C25H20N2O/c1-17-16-20-22(18-10-4-2-5-11-18)23(19-12-6-3-7-13-19)27(24(20)25(17)28)21-14-8-9-15-26-21/h2-15,17H,16H2,1H3. The first-order valence-corrected chi connectivity index (χ1v) is 9.59. The van der Waals surface area contributed by atoms with Gasteiger partial charge in [0.15, 0.2) is 5.78 Å². The molecule has 0 spiro atoms. The molecule has 0 fully saturated rings. The maximum atomic E-state index is 13.2. The molecule has 2 aromatic heterocycles. The smallest absolute Gasteiger partial charge is 0.183 e. The van der Waals surface area contributed by atoms with Crippen molar-refractivity contribution in [1.82, 2.24) is 9.55 Å². The lowest BCUT2D eigenvalue weighted by Gasteiger charge is -2.15. The Morgan fingerprint density at radius 2 is 1.46 bits per heavy atom. The Hall–Kier alpha value is -3.46. The van der Waals surface area contributed by atoms with Crippen molar-refractivity contribution in [3.05, 3.63) is 96.3 Å². The average molecular weight is 364 g/mol. The van der Waals surface area contributed by atoms with Crippen LogP contribution in [0, 0.1) is 5.92 Å². The van der Waals surface area contributed by atoms with Crippen LogP contribution in [0.15, 0.2) is 85.1 Å². The molecule has 0 bridgehead atoms. The highest BCUT2D eigenvalue weighted by Gasteiger charge is 2.37. The van der Waals surface area contributed by atoms with Crippen LogP contribution in [-0.4, -0.2) is 15.3 Å². The molecule has 0 radical (unpaired) electrons. The number of carbonyl (C=O) groups is 1. The molecule has 3 heteroatoms. The second-order valence-electron chi connectivity index (χ2n) is 7.28. The van der Waals surface area contributed by atoms with E-state index in [1.54, 1.807) is 6.20 Å². The Morgan fingerprint density at radius 1 is 0.821 bits per heavy atom. The lowest BCUT2D eigenvalue weighted by atomic mass is 9.95. The van der Waals surface area contributed by atoms with E-state index in [1.807, 2.05) is 49.4 Å². The quantitative estimate of drug-likeness (QED) is 0.475. The molecule has 2 heterocycles. The highest BCUT2D eigenvalue weighted by Crippen LogP contribution is 2.45. The summed E-state index contributed by atoms with van der Waals surface area (Å²) >= 11 is 0. The lowest BCUT2D eigenvalue weighted by Crippen LogP contribution is -2.12. The highest BCUT2D eigenvalue weighted by atomic mass is 16.1. The SMILES string of the molecule is CC1Cc2c(-c3ccccc3)c(-c3ccccc3)n(-c3ccccn3)c2C1=O. The number of carbonyl (C=O) groups excluding carboxylic acids is 1. The van der Waals surface area contributed by atoms with Gasteiger partial charge < -0.3 is 0 Å².